The second kappa shape index (κ2) is 15.9. The van der Waals surface area contributed by atoms with E-state index in [0.29, 0.717) is 44.3 Å². The lowest BCUT2D eigenvalue weighted by molar-refractivity contribution is -0.137. The number of esters is 2. The number of aldehydes is 1. The Morgan fingerprint density at radius 1 is 0.860 bits per heavy atom. The summed E-state index contributed by atoms with van der Waals surface area (Å²) in [5, 5.41) is 0. The molecule has 226 valence electrons. The number of aryl methyl sites for hydroxylation is 1. The van der Waals surface area contributed by atoms with Gasteiger partial charge in [0, 0.05) is 12.5 Å². The highest BCUT2D eigenvalue weighted by Gasteiger charge is 2.38. The third-order valence-corrected chi connectivity index (χ3v) is 8.20. The van der Waals surface area contributed by atoms with E-state index in [1.165, 1.54) is 24.8 Å². The first-order chi connectivity index (χ1) is 21.0. The van der Waals surface area contributed by atoms with Crippen LogP contribution in [0.15, 0.2) is 85.5 Å². The molecule has 1 aliphatic carbocycles. The van der Waals surface area contributed by atoms with Crippen LogP contribution in [0.5, 0.6) is 5.75 Å². The predicted octanol–water partition coefficient (Wildman–Crippen LogP) is 7.82. The molecule has 3 aromatic carbocycles. The van der Waals surface area contributed by atoms with Crippen LogP contribution in [0.3, 0.4) is 0 Å². The Kier molecular flexibility index (Phi) is 11.7. The molecule has 0 atom stereocenters. The molecule has 1 fully saturated rings. The van der Waals surface area contributed by atoms with E-state index in [0.717, 1.165) is 41.2 Å². The molecule has 43 heavy (non-hydrogen) atoms. The van der Waals surface area contributed by atoms with Gasteiger partial charge in [-0.25, -0.2) is 9.59 Å². The lowest BCUT2D eigenvalue weighted by Gasteiger charge is -2.36. The van der Waals surface area contributed by atoms with Gasteiger partial charge >= 0.3 is 11.9 Å². The third kappa shape index (κ3) is 8.90. The van der Waals surface area contributed by atoms with E-state index in [1.807, 2.05) is 36.4 Å². The molecule has 1 saturated carbocycles. The molecule has 0 amide bonds. The second-order valence-electron chi connectivity index (χ2n) is 11.2. The topological polar surface area (TPSA) is 78.9 Å². The Labute approximate surface area is 255 Å². The minimum absolute atomic E-state index is 0.199. The van der Waals surface area contributed by atoms with Gasteiger partial charge in [0.1, 0.15) is 18.1 Å². The molecular formula is C37H42O6. The summed E-state index contributed by atoms with van der Waals surface area (Å²) in [5.41, 5.74) is 4.35. The fourth-order valence-corrected chi connectivity index (χ4v) is 5.52. The molecule has 0 saturated heterocycles. The van der Waals surface area contributed by atoms with Gasteiger partial charge in [0.25, 0.3) is 0 Å². The van der Waals surface area contributed by atoms with Crippen LogP contribution in [0.2, 0.25) is 0 Å². The first-order valence-corrected chi connectivity index (χ1v) is 15.4. The lowest BCUT2D eigenvalue weighted by Crippen LogP contribution is -2.36. The molecular weight excluding hydrogens is 540 g/mol. The first kappa shape index (κ1) is 31.7. The summed E-state index contributed by atoms with van der Waals surface area (Å²) in [7, 11) is 0. The van der Waals surface area contributed by atoms with Gasteiger partial charge in [-0.1, -0.05) is 74.9 Å². The van der Waals surface area contributed by atoms with Crippen LogP contribution >= 0.6 is 0 Å². The Bertz CT molecular complexity index is 1330. The smallest absolute Gasteiger partial charge is 0.338 e. The van der Waals surface area contributed by atoms with E-state index in [1.54, 1.807) is 12.1 Å². The third-order valence-electron chi connectivity index (χ3n) is 8.20. The normalized spacial score (nSPS) is 17.9. The van der Waals surface area contributed by atoms with Crippen molar-refractivity contribution in [3.05, 3.63) is 102 Å². The summed E-state index contributed by atoms with van der Waals surface area (Å²) in [6.07, 6.45) is 9.99. The summed E-state index contributed by atoms with van der Waals surface area (Å²) < 4.78 is 16.5. The van der Waals surface area contributed by atoms with Crippen molar-refractivity contribution in [1.82, 2.24) is 0 Å². The fourth-order valence-electron chi connectivity index (χ4n) is 5.52. The van der Waals surface area contributed by atoms with Crippen molar-refractivity contribution in [2.45, 2.75) is 76.2 Å². The number of unbranched alkanes of at least 4 members (excludes halogenated alkanes) is 2. The van der Waals surface area contributed by atoms with Gasteiger partial charge in [-0.2, -0.15) is 0 Å². The van der Waals surface area contributed by atoms with Crippen molar-refractivity contribution in [2.75, 3.05) is 13.2 Å². The molecule has 6 heteroatoms. The Morgan fingerprint density at radius 2 is 1.51 bits per heavy atom. The molecule has 0 N–H and O–H groups in total. The van der Waals surface area contributed by atoms with Gasteiger partial charge in [0.05, 0.1) is 24.2 Å². The standard InChI is InChI=1S/C37H42O6/c1-3-5-6-8-28-9-17-32(18-10-28)37(27-38)23-21-34(22-24-37)43-36(40)31-13-11-29(12-14-31)30-15-19-33(20-16-30)41-25-7-26-42-35(39)4-2/h4,9-20,27,34H,2-3,5-8,21-26H2,1H3. The van der Waals surface area contributed by atoms with Crippen molar-refractivity contribution in [3.63, 3.8) is 0 Å². The molecule has 0 spiro atoms. The highest BCUT2D eigenvalue weighted by atomic mass is 16.5. The monoisotopic (exact) mass is 582 g/mol. The molecule has 0 aliphatic heterocycles. The highest BCUT2D eigenvalue weighted by Crippen LogP contribution is 2.39. The molecule has 6 nitrogen and oxygen atoms in total. The average molecular weight is 583 g/mol. The lowest BCUT2D eigenvalue weighted by atomic mass is 9.69. The van der Waals surface area contributed by atoms with Crippen molar-refractivity contribution in [3.8, 4) is 16.9 Å². The van der Waals surface area contributed by atoms with E-state index in [9.17, 15) is 14.4 Å². The molecule has 0 aromatic heterocycles. The van der Waals surface area contributed by atoms with E-state index < -0.39 is 11.4 Å². The fraction of sp³-hybridized carbons (Fsp3) is 0.378. The van der Waals surface area contributed by atoms with Crippen LogP contribution in [0.25, 0.3) is 11.1 Å². The minimum atomic E-state index is -0.507. The maximum atomic E-state index is 12.9. The zero-order chi connectivity index (χ0) is 30.5. The van der Waals surface area contributed by atoms with Gasteiger partial charge in [0.15, 0.2) is 0 Å². The average Bonchev–Trinajstić information content (AvgIpc) is 3.06. The summed E-state index contributed by atoms with van der Waals surface area (Å²) in [5.74, 6) is -0.0491. The van der Waals surface area contributed by atoms with Crippen LogP contribution in [0.4, 0.5) is 0 Å². The van der Waals surface area contributed by atoms with Crippen molar-refractivity contribution < 1.29 is 28.6 Å². The first-order valence-electron chi connectivity index (χ1n) is 15.4. The second-order valence-corrected chi connectivity index (χ2v) is 11.2. The zero-order valence-electron chi connectivity index (χ0n) is 25.1. The van der Waals surface area contributed by atoms with Crippen LogP contribution in [0.1, 0.15) is 79.8 Å². The number of hydrogen-bond donors (Lipinski definition) is 0. The van der Waals surface area contributed by atoms with Gasteiger partial charge < -0.3 is 19.0 Å². The minimum Gasteiger partial charge on any atom is -0.493 e. The Balaban J connectivity index is 1.25. The maximum Gasteiger partial charge on any atom is 0.338 e. The molecule has 0 bridgehead atoms. The van der Waals surface area contributed by atoms with Crippen LogP contribution in [-0.2, 0) is 30.9 Å². The van der Waals surface area contributed by atoms with Gasteiger partial charge in [-0.05, 0) is 85.0 Å². The number of rotatable bonds is 15. The van der Waals surface area contributed by atoms with Crippen LogP contribution in [-0.4, -0.2) is 37.5 Å². The van der Waals surface area contributed by atoms with Crippen LogP contribution in [0, 0.1) is 0 Å². The predicted molar refractivity (Wildman–Crippen MR) is 168 cm³/mol. The van der Waals surface area contributed by atoms with Crippen molar-refractivity contribution in [1.29, 1.82) is 0 Å². The van der Waals surface area contributed by atoms with Gasteiger partial charge in [-0.3, -0.25) is 0 Å². The van der Waals surface area contributed by atoms with E-state index in [2.05, 4.69) is 37.8 Å². The Morgan fingerprint density at radius 3 is 2.12 bits per heavy atom. The van der Waals surface area contributed by atoms with Crippen molar-refractivity contribution in [2.24, 2.45) is 0 Å². The highest BCUT2D eigenvalue weighted by molar-refractivity contribution is 5.90. The number of carbonyl (C=O) groups is 3. The SMILES string of the molecule is C=CC(=O)OCCCOc1ccc(-c2ccc(C(=O)OC3CCC(C=O)(c4ccc(CCCCC)cc4)CC3)cc2)cc1. The number of hydrogen-bond acceptors (Lipinski definition) is 6. The summed E-state index contributed by atoms with van der Waals surface area (Å²) in [4.78, 5) is 36.2. The van der Waals surface area contributed by atoms with E-state index in [-0.39, 0.29) is 18.7 Å². The molecule has 0 unspecified atom stereocenters. The van der Waals surface area contributed by atoms with Gasteiger partial charge in [0.2, 0.25) is 0 Å². The molecule has 1 aliphatic rings. The Hall–Kier alpha value is -4.19. The molecule has 4 rings (SSSR count). The van der Waals surface area contributed by atoms with E-state index >= 15 is 0 Å². The summed E-state index contributed by atoms with van der Waals surface area (Å²) in [6.45, 7) is 6.29. The van der Waals surface area contributed by atoms with Crippen LogP contribution < -0.4 is 4.74 Å². The number of benzene rings is 3. The number of carbonyl (C=O) groups excluding carboxylic acids is 3. The molecule has 0 heterocycles. The quantitative estimate of drug-likeness (QED) is 0.0787. The molecule has 0 radical (unpaired) electrons. The maximum absolute atomic E-state index is 12.9. The summed E-state index contributed by atoms with van der Waals surface area (Å²) in [6, 6.07) is 23.6. The zero-order valence-corrected chi connectivity index (χ0v) is 25.1. The van der Waals surface area contributed by atoms with Gasteiger partial charge in [-0.15, -0.1) is 0 Å². The largest absolute Gasteiger partial charge is 0.493 e. The van der Waals surface area contributed by atoms with E-state index in [4.69, 9.17) is 14.2 Å². The molecule has 3 aromatic rings. The number of ether oxygens (including phenoxy) is 3. The summed E-state index contributed by atoms with van der Waals surface area (Å²) >= 11 is 0. The van der Waals surface area contributed by atoms with Crippen molar-refractivity contribution >= 4 is 18.2 Å².